The molecule has 0 aromatic rings. The van der Waals surface area contributed by atoms with Crippen LogP contribution >= 0.6 is 0 Å². The van der Waals surface area contributed by atoms with E-state index in [1.807, 2.05) is 0 Å². The molecule has 0 saturated carbocycles. The van der Waals surface area contributed by atoms with Crippen LogP contribution in [0.2, 0.25) is 0 Å². The van der Waals surface area contributed by atoms with E-state index in [2.05, 4.69) is 13.8 Å². The summed E-state index contributed by atoms with van der Waals surface area (Å²) in [7, 11) is 0. The molecule has 0 aromatic carbocycles. The summed E-state index contributed by atoms with van der Waals surface area (Å²) in [5, 5.41) is 0. The number of rotatable bonds is 14. The molecule has 136 valence electrons. The van der Waals surface area contributed by atoms with Gasteiger partial charge in [-0.25, -0.2) is 0 Å². The SMILES string of the molecule is CCCCCCCCC(CCCCCC)C(=O)OC1CCOC1. The van der Waals surface area contributed by atoms with Gasteiger partial charge in [0.15, 0.2) is 0 Å². The molecule has 0 amide bonds. The lowest BCUT2D eigenvalue weighted by atomic mass is 9.94. The van der Waals surface area contributed by atoms with Crippen LogP contribution in [0.1, 0.15) is 97.3 Å². The van der Waals surface area contributed by atoms with Crippen LogP contribution in [0.15, 0.2) is 0 Å². The molecule has 0 bridgehead atoms. The molecule has 0 aliphatic carbocycles. The molecule has 0 spiro atoms. The highest BCUT2D eigenvalue weighted by Gasteiger charge is 2.25. The van der Waals surface area contributed by atoms with Crippen molar-refractivity contribution >= 4 is 5.97 Å². The summed E-state index contributed by atoms with van der Waals surface area (Å²) in [5.41, 5.74) is 0. The Balaban J connectivity index is 2.26. The minimum atomic E-state index is 0.00481. The molecule has 0 aromatic heterocycles. The molecule has 1 fully saturated rings. The fourth-order valence-corrected chi connectivity index (χ4v) is 3.23. The standard InChI is InChI=1S/C20H38O3/c1-3-5-7-9-10-12-14-18(13-11-8-6-4-2)20(21)23-19-15-16-22-17-19/h18-19H,3-17H2,1-2H3. The third kappa shape index (κ3) is 10.0. The van der Waals surface area contributed by atoms with E-state index in [1.165, 1.54) is 57.8 Å². The first-order valence-electron chi connectivity index (χ1n) is 10.1. The van der Waals surface area contributed by atoms with Gasteiger partial charge in [-0.15, -0.1) is 0 Å². The topological polar surface area (TPSA) is 35.5 Å². The summed E-state index contributed by atoms with van der Waals surface area (Å²) < 4.78 is 11.0. The summed E-state index contributed by atoms with van der Waals surface area (Å²) in [6.45, 7) is 5.79. The van der Waals surface area contributed by atoms with Crippen LogP contribution in [0.4, 0.5) is 0 Å². The smallest absolute Gasteiger partial charge is 0.309 e. The number of hydrogen-bond donors (Lipinski definition) is 0. The van der Waals surface area contributed by atoms with E-state index in [4.69, 9.17) is 9.47 Å². The minimum Gasteiger partial charge on any atom is -0.460 e. The fourth-order valence-electron chi connectivity index (χ4n) is 3.23. The maximum Gasteiger partial charge on any atom is 0.309 e. The van der Waals surface area contributed by atoms with E-state index in [1.54, 1.807) is 0 Å². The van der Waals surface area contributed by atoms with Crippen molar-refractivity contribution in [1.82, 2.24) is 0 Å². The van der Waals surface area contributed by atoms with Gasteiger partial charge in [0.05, 0.1) is 19.1 Å². The van der Waals surface area contributed by atoms with Crippen molar-refractivity contribution in [2.24, 2.45) is 5.92 Å². The quantitative estimate of drug-likeness (QED) is 0.305. The van der Waals surface area contributed by atoms with Crippen LogP contribution in [0.3, 0.4) is 0 Å². The highest BCUT2D eigenvalue weighted by molar-refractivity contribution is 5.72. The molecule has 23 heavy (non-hydrogen) atoms. The number of carbonyl (C=O) groups is 1. The minimum absolute atomic E-state index is 0.00481. The molecule has 3 nitrogen and oxygen atoms in total. The highest BCUT2D eigenvalue weighted by atomic mass is 16.6. The Morgan fingerprint density at radius 3 is 2.09 bits per heavy atom. The molecule has 1 aliphatic heterocycles. The van der Waals surface area contributed by atoms with Gasteiger partial charge in [0.2, 0.25) is 0 Å². The second-order valence-electron chi connectivity index (χ2n) is 7.03. The number of ether oxygens (including phenoxy) is 2. The van der Waals surface area contributed by atoms with E-state index in [0.717, 1.165) is 32.3 Å². The van der Waals surface area contributed by atoms with Gasteiger partial charge in [-0.1, -0.05) is 78.1 Å². The van der Waals surface area contributed by atoms with Gasteiger partial charge in [0.1, 0.15) is 6.10 Å². The Kier molecular flexibility index (Phi) is 12.3. The molecular formula is C20H38O3. The summed E-state index contributed by atoms with van der Waals surface area (Å²) in [5.74, 6) is 0.143. The zero-order valence-electron chi connectivity index (χ0n) is 15.5. The van der Waals surface area contributed by atoms with Gasteiger partial charge in [-0.2, -0.15) is 0 Å². The van der Waals surface area contributed by atoms with Gasteiger partial charge in [-0.05, 0) is 12.8 Å². The van der Waals surface area contributed by atoms with Crippen molar-refractivity contribution in [2.75, 3.05) is 13.2 Å². The van der Waals surface area contributed by atoms with Crippen molar-refractivity contribution in [3.63, 3.8) is 0 Å². The second kappa shape index (κ2) is 13.8. The number of esters is 1. The molecule has 3 heteroatoms. The Morgan fingerprint density at radius 1 is 0.957 bits per heavy atom. The van der Waals surface area contributed by atoms with E-state index in [0.29, 0.717) is 6.61 Å². The normalized spacial score (nSPS) is 19.0. The third-order valence-corrected chi connectivity index (χ3v) is 4.82. The Morgan fingerprint density at radius 2 is 1.52 bits per heavy atom. The highest BCUT2D eigenvalue weighted by Crippen LogP contribution is 2.22. The maximum absolute atomic E-state index is 12.5. The first-order valence-corrected chi connectivity index (χ1v) is 10.1. The molecule has 0 N–H and O–H groups in total. The number of unbranched alkanes of at least 4 members (excludes halogenated alkanes) is 8. The second-order valence-corrected chi connectivity index (χ2v) is 7.03. The summed E-state index contributed by atoms with van der Waals surface area (Å²) in [6, 6.07) is 0. The molecule has 1 aliphatic rings. The van der Waals surface area contributed by atoms with Crippen LogP contribution in [0, 0.1) is 5.92 Å². The molecular weight excluding hydrogens is 288 g/mol. The summed E-state index contributed by atoms with van der Waals surface area (Å²) in [6.07, 6.45) is 15.5. The van der Waals surface area contributed by atoms with E-state index >= 15 is 0 Å². The van der Waals surface area contributed by atoms with Gasteiger partial charge in [0.25, 0.3) is 0 Å². The maximum atomic E-state index is 12.5. The number of hydrogen-bond acceptors (Lipinski definition) is 3. The van der Waals surface area contributed by atoms with Crippen molar-refractivity contribution in [3.05, 3.63) is 0 Å². The molecule has 2 atom stereocenters. The predicted molar refractivity (Wildman–Crippen MR) is 95.6 cm³/mol. The zero-order valence-corrected chi connectivity index (χ0v) is 15.5. The lowest BCUT2D eigenvalue weighted by Crippen LogP contribution is -2.24. The van der Waals surface area contributed by atoms with Crippen LogP contribution in [0.5, 0.6) is 0 Å². The molecule has 1 rings (SSSR count). The van der Waals surface area contributed by atoms with Crippen molar-refractivity contribution in [1.29, 1.82) is 0 Å². The Labute approximate surface area is 143 Å². The van der Waals surface area contributed by atoms with Gasteiger partial charge in [-0.3, -0.25) is 4.79 Å². The Hall–Kier alpha value is -0.570. The average molecular weight is 327 g/mol. The van der Waals surface area contributed by atoms with Gasteiger partial charge < -0.3 is 9.47 Å². The van der Waals surface area contributed by atoms with Crippen molar-refractivity contribution in [2.45, 2.75) is 103 Å². The van der Waals surface area contributed by atoms with Gasteiger partial charge in [0, 0.05) is 6.42 Å². The van der Waals surface area contributed by atoms with Gasteiger partial charge >= 0.3 is 5.97 Å². The van der Waals surface area contributed by atoms with Crippen molar-refractivity contribution in [3.8, 4) is 0 Å². The molecule has 2 unspecified atom stereocenters. The zero-order chi connectivity index (χ0) is 16.8. The van der Waals surface area contributed by atoms with Crippen LogP contribution in [0.25, 0.3) is 0 Å². The monoisotopic (exact) mass is 326 g/mol. The average Bonchev–Trinajstić information content (AvgIpc) is 3.05. The van der Waals surface area contributed by atoms with Crippen LogP contribution < -0.4 is 0 Å². The summed E-state index contributed by atoms with van der Waals surface area (Å²) in [4.78, 5) is 12.5. The first kappa shape index (κ1) is 20.5. The van der Waals surface area contributed by atoms with E-state index in [9.17, 15) is 4.79 Å². The predicted octanol–water partition coefficient (Wildman–Crippen LogP) is 5.66. The van der Waals surface area contributed by atoms with Crippen LogP contribution in [-0.4, -0.2) is 25.3 Å². The van der Waals surface area contributed by atoms with Crippen LogP contribution in [-0.2, 0) is 14.3 Å². The molecule has 1 heterocycles. The van der Waals surface area contributed by atoms with E-state index in [-0.39, 0.29) is 18.0 Å². The third-order valence-electron chi connectivity index (χ3n) is 4.82. The lowest BCUT2D eigenvalue weighted by Gasteiger charge is -2.18. The molecule has 0 radical (unpaired) electrons. The van der Waals surface area contributed by atoms with Crippen molar-refractivity contribution < 1.29 is 14.3 Å². The Bertz CT molecular complexity index is 285. The number of carbonyl (C=O) groups excluding carboxylic acids is 1. The fraction of sp³-hybridized carbons (Fsp3) is 0.950. The summed E-state index contributed by atoms with van der Waals surface area (Å²) >= 11 is 0. The molecule has 1 saturated heterocycles. The van der Waals surface area contributed by atoms with E-state index < -0.39 is 0 Å². The lowest BCUT2D eigenvalue weighted by molar-refractivity contribution is -0.154. The first-order chi connectivity index (χ1) is 11.3. The largest absolute Gasteiger partial charge is 0.460 e.